The van der Waals surface area contributed by atoms with Gasteiger partial charge >= 0.3 is 0 Å². The molecule has 0 atom stereocenters. The van der Waals surface area contributed by atoms with Crippen molar-refractivity contribution in [2.45, 2.75) is 26.2 Å². The minimum atomic E-state index is -0.143. The predicted molar refractivity (Wildman–Crippen MR) is 31.0 cm³/mol. The van der Waals surface area contributed by atoms with Gasteiger partial charge in [-0.15, -0.1) is 0 Å². The highest BCUT2D eigenvalue weighted by atomic mass is 16.8. The second-order valence-corrected chi connectivity index (χ2v) is 1.63. The van der Waals surface area contributed by atoms with Crippen LogP contribution in [0.5, 0.6) is 0 Å². The summed E-state index contributed by atoms with van der Waals surface area (Å²) in [5, 5.41) is 17.7. The average molecular weight is 117 g/mol. The Morgan fingerprint density at radius 1 is 1.75 bits per heavy atom. The number of hydrogen-bond acceptors (Lipinski definition) is 2. The number of rotatable bonds is 3. The monoisotopic (exact) mass is 117 g/mol. The summed E-state index contributed by atoms with van der Waals surface area (Å²) in [5.41, 5.74) is 0. The molecule has 3 nitrogen and oxygen atoms in total. The summed E-state index contributed by atoms with van der Waals surface area (Å²) in [6.07, 6.45) is 3.88. The van der Waals surface area contributed by atoms with Gasteiger partial charge in [0, 0.05) is 11.3 Å². The van der Waals surface area contributed by atoms with Gasteiger partial charge < -0.3 is 5.21 Å². The van der Waals surface area contributed by atoms with Gasteiger partial charge in [0.15, 0.2) is 0 Å². The molecule has 8 heavy (non-hydrogen) atoms. The molecule has 0 unspecified atom stereocenters. The molecule has 1 N–H and O–H groups in total. The van der Waals surface area contributed by atoms with Crippen LogP contribution in [0.25, 0.3) is 0 Å². The Hall–Kier alpha value is -0.730. The standard InChI is InChI=1S/C5H11NO2/c1-2-3-4-5-6(7)8/h5H,2-4H2,1H3,(H,7,8). The zero-order valence-electron chi connectivity index (χ0n) is 5.00. The highest BCUT2D eigenvalue weighted by Crippen LogP contribution is 1.88. The van der Waals surface area contributed by atoms with E-state index in [0.717, 1.165) is 12.8 Å². The van der Waals surface area contributed by atoms with E-state index in [2.05, 4.69) is 0 Å². The van der Waals surface area contributed by atoms with E-state index in [4.69, 9.17) is 5.21 Å². The Labute approximate surface area is 48.8 Å². The van der Waals surface area contributed by atoms with Crippen LogP contribution < -0.4 is 0 Å². The molecule has 0 aliphatic heterocycles. The minimum Gasteiger partial charge on any atom is -0.418 e. The van der Waals surface area contributed by atoms with Crippen molar-refractivity contribution in [3.8, 4) is 0 Å². The van der Waals surface area contributed by atoms with E-state index in [1.807, 2.05) is 6.92 Å². The lowest BCUT2D eigenvalue weighted by Crippen LogP contribution is -1.95. The van der Waals surface area contributed by atoms with E-state index in [1.54, 1.807) is 0 Å². The Morgan fingerprint density at radius 2 is 2.38 bits per heavy atom. The van der Waals surface area contributed by atoms with Gasteiger partial charge in [-0.1, -0.05) is 13.3 Å². The van der Waals surface area contributed by atoms with E-state index in [9.17, 15) is 5.21 Å². The third-order valence-electron chi connectivity index (χ3n) is 0.843. The van der Waals surface area contributed by atoms with Crippen LogP contribution in [0.15, 0.2) is 0 Å². The molecule has 3 heteroatoms. The van der Waals surface area contributed by atoms with Gasteiger partial charge in [-0.25, -0.2) is 0 Å². The van der Waals surface area contributed by atoms with Crippen LogP contribution in [0.2, 0.25) is 0 Å². The van der Waals surface area contributed by atoms with Crippen LogP contribution in [0, 0.1) is 5.21 Å². The highest BCUT2D eigenvalue weighted by Gasteiger charge is 1.84. The number of nitrogens with zero attached hydrogens (tertiary/aromatic N) is 1. The van der Waals surface area contributed by atoms with E-state index in [-0.39, 0.29) is 4.90 Å². The van der Waals surface area contributed by atoms with Crippen LogP contribution in [-0.4, -0.2) is 16.3 Å². The van der Waals surface area contributed by atoms with E-state index >= 15 is 0 Å². The van der Waals surface area contributed by atoms with E-state index < -0.39 is 0 Å². The number of hydrogen-bond donors (Lipinski definition) is 1. The number of unbranched alkanes of at least 4 members (excludes halogenated alkanes) is 2. The quantitative estimate of drug-likeness (QED) is 0.198. The van der Waals surface area contributed by atoms with Crippen molar-refractivity contribution in [3.63, 3.8) is 0 Å². The molecule has 0 saturated heterocycles. The van der Waals surface area contributed by atoms with Crippen LogP contribution in [0.1, 0.15) is 26.2 Å². The van der Waals surface area contributed by atoms with E-state index in [1.165, 1.54) is 6.21 Å². The Kier molecular flexibility index (Phi) is 4.03. The van der Waals surface area contributed by atoms with Crippen LogP contribution in [0.4, 0.5) is 0 Å². The van der Waals surface area contributed by atoms with Crippen molar-refractivity contribution in [2.24, 2.45) is 0 Å². The summed E-state index contributed by atoms with van der Waals surface area (Å²) in [4.78, 5) is -0.143. The van der Waals surface area contributed by atoms with Crippen molar-refractivity contribution in [3.05, 3.63) is 5.21 Å². The van der Waals surface area contributed by atoms with Crippen LogP contribution in [0.3, 0.4) is 0 Å². The summed E-state index contributed by atoms with van der Waals surface area (Å²) in [6.45, 7) is 2.03. The topological polar surface area (TPSA) is 46.3 Å². The molecule has 0 fully saturated rings. The first-order chi connectivity index (χ1) is 3.77. The highest BCUT2D eigenvalue weighted by molar-refractivity contribution is 5.50. The smallest absolute Gasteiger partial charge is 0.209 e. The predicted octanol–water partition coefficient (Wildman–Crippen LogP) is 1.15. The second-order valence-electron chi connectivity index (χ2n) is 1.63. The molecule has 0 aliphatic carbocycles. The van der Waals surface area contributed by atoms with Gasteiger partial charge in [0.2, 0.25) is 6.21 Å². The SMILES string of the molecule is CCCC/C=[N+](\[O-])O. The molecule has 0 saturated carbocycles. The zero-order valence-corrected chi connectivity index (χ0v) is 5.00. The van der Waals surface area contributed by atoms with Crippen molar-refractivity contribution in [1.82, 2.24) is 0 Å². The largest absolute Gasteiger partial charge is 0.418 e. The maximum atomic E-state index is 9.74. The van der Waals surface area contributed by atoms with Gasteiger partial charge in [0.1, 0.15) is 0 Å². The average Bonchev–Trinajstić information content (AvgIpc) is 1.66. The fourth-order valence-electron chi connectivity index (χ4n) is 0.406. The fraction of sp³-hybridized carbons (Fsp3) is 0.800. The molecule has 0 radical (unpaired) electrons. The Morgan fingerprint density at radius 3 is 2.75 bits per heavy atom. The van der Waals surface area contributed by atoms with Gasteiger partial charge in [-0.3, -0.25) is 5.21 Å². The van der Waals surface area contributed by atoms with Gasteiger partial charge in [-0.05, 0) is 6.42 Å². The second kappa shape index (κ2) is 4.43. The van der Waals surface area contributed by atoms with Crippen molar-refractivity contribution in [1.29, 1.82) is 0 Å². The van der Waals surface area contributed by atoms with Crippen molar-refractivity contribution >= 4 is 6.21 Å². The van der Waals surface area contributed by atoms with Gasteiger partial charge in [-0.2, -0.15) is 0 Å². The molecule has 0 aromatic rings. The van der Waals surface area contributed by atoms with Gasteiger partial charge in [0.05, 0.1) is 0 Å². The molecular formula is C5H11NO2. The maximum Gasteiger partial charge on any atom is 0.209 e. The van der Waals surface area contributed by atoms with Crippen LogP contribution >= 0.6 is 0 Å². The molecule has 0 aromatic heterocycles. The normalized spacial score (nSPS) is 11.9. The summed E-state index contributed by atoms with van der Waals surface area (Å²) in [5.74, 6) is 0. The summed E-state index contributed by atoms with van der Waals surface area (Å²) in [6, 6.07) is 0. The van der Waals surface area contributed by atoms with E-state index in [0.29, 0.717) is 6.42 Å². The Bertz CT molecular complexity index is 76.5. The summed E-state index contributed by atoms with van der Waals surface area (Å²) in [7, 11) is 0. The lowest BCUT2D eigenvalue weighted by atomic mass is 10.3. The molecule has 0 spiro atoms. The Balaban J connectivity index is 3.03. The lowest BCUT2D eigenvalue weighted by molar-refractivity contribution is -0.723. The molecule has 0 aliphatic rings. The molecule has 0 heterocycles. The zero-order chi connectivity index (χ0) is 6.41. The third-order valence-corrected chi connectivity index (χ3v) is 0.843. The molecule has 0 rings (SSSR count). The summed E-state index contributed by atoms with van der Waals surface area (Å²) >= 11 is 0. The van der Waals surface area contributed by atoms with Crippen molar-refractivity contribution < 1.29 is 10.1 Å². The lowest BCUT2D eigenvalue weighted by Gasteiger charge is -1.85. The summed E-state index contributed by atoms with van der Waals surface area (Å²) < 4.78 is 0. The first kappa shape index (κ1) is 7.27. The third kappa shape index (κ3) is 5.27. The first-order valence-electron chi connectivity index (χ1n) is 2.76. The molecule has 0 bridgehead atoms. The van der Waals surface area contributed by atoms with Crippen LogP contribution in [-0.2, 0) is 0 Å². The minimum absolute atomic E-state index is 0.143. The molecular weight excluding hydrogens is 106 g/mol. The van der Waals surface area contributed by atoms with Gasteiger partial charge in [0.25, 0.3) is 0 Å². The first-order valence-corrected chi connectivity index (χ1v) is 2.76. The fourth-order valence-corrected chi connectivity index (χ4v) is 0.406. The van der Waals surface area contributed by atoms with Crippen molar-refractivity contribution in [2.75, 3.05) is 0 Å². The maximum absolute atomic E-state index is 9.74. The molecule has 0 amide bonds. The molecule has 48 valence electrons. The molecule has 0 aromatic carbocycles.